The zero-order chi connectivity index (χ0) is 59.2. The summed E-state index contributed by atoms with van der Waals surface area (Å²) >= 11 is 0. The maximum absolute atomic E-state index is 13.4. The second-order valence-corrected chi connectivity index (χ2v) is 20.2. The van der Waals surface area contributed by atoms with Gasteiger partial charge in [-0.1, -0.05) is 140 Å². The van der Waals surface area contributed by atoms with E-state index in [-0.39, 0.29) is 48.6 Å². The molecule has 0 aliphatic heterocycles. The number of nitrogens with one attached hydrogen (secondary N) is 4. The van der Waals surface area contributed by atoms with E-state index in [1.807, 2.05) is 72.8 Å². The monoisotopic (exact) mass is 1120 g/mol. The first-order valence-corrected chi connectivity index (χ1v) is 27.5. The van der Waals surface area contributed by atoms with Gasteiger partial charge in [-0.05, 0) is 142 Å². The Morgan fingerprint density at radius 1 is 0.530 bits per heavy atom. The van der Waals surface area contributed by atoms with Gasteiger partial charge >= 0.3 is 11.9 Å². The number of ether oxygens (including phenoxy) is 4. The molecular formula is C67H72N4O12. The van der Waals surface area contributed by atoms with E-state index in [9.17, 15) is 33.9 Å². The van der Waals surface area contributed by atoms with E-state index in [1.165, 1.54) is 23.3 Å². The number of carbonyl (C=O) groups is 6. The van der Waals surface area contributed by atoms with Crippen molar-refractivity contribution in [1.29, 1.82) is 0 Å². The fourth-order valence-electron chi connectivity index (χ4n) is 8.26. The lowest BCUT2D eigenvalue weighted by Crippen LogP contribution is -2.48. The standard InChI is InChI=1S/C39H42N2O6.C28H30N2O6/c1-39(2,3)47-36(42)28-46-34-23-22-31(26-35(34)45-27-30-18-9-5-10-19-30)25-33(41-37(43)32-20-11-6-12-21-32)38(44)40-24-14-13-17-29-15-7-4-8-16-29;31-24-18-21(14-15-25(24)36-19-26(32)33)17-23(30-27(34)22-12-5-2-6-13-22)28(35)29-16-8-7-11-20-9-3-1-4-10-20/h4-12,15-16,18-23,25-26H,13-14,17,24,27-28H2,1-3H3,(H,40,44)(H,41,43);1-6,9-10,12-15,18,23,31H,7-8,11,16-17,19H2,(H,29,35)(H,30,34)(H,32,33). The number of aromatic hydroxyl groups is 1. The summed E-state index contributed by atoms with van der Waals surface area (Å²) < 4.78 is 22.3. The highest BCUT2D eigenvalue weighted by Gasteiger charge is 2.23. The predicted octanol–water partition coefficient (Wildman–Crippen LogP) is 10.2. The summed E-state index contributed by atoms with van der Waals surface area (Å²) in [5.74, 6) is -2.74. The van der Waals surface area contributed by atoms with E-state index in [2.05, 4.69) is 45.5 Å². The van der Waals surface area contributed by atoms with Crippen LogP contribution in [0.15, 0.2) is 194 Å². The summed E-state index contributed by atoms with van der Waals surface area (Å²) in [6, 6.07) is 55.9. The van der Waals surface area contributed by atoms with Crippen molar-refractivity contribution < 1.29 is 57.9 Å². The second-order valence-electron chi connectivity index (χ2n) is 20.2. The molecule has 0 fully saturated rings. The summed E-state index contributed by atoms with van der Waals surface area (Å²) in [4.78, 5) is 75.3. The number of phenolic OH excluding ortho intramolecular Hbond substituents is 1. The zero-order valence-corrected chi connectivity index (χ0v) is 47.0. The van der Waals surface area contributed by atoms with Crippen LogP contribution in [0.1, 0.15) is 95.0 Å². The molecule has 1 atom stereocenters. The largest absolute Gasteiger partial charge is 0.504 e. The highest BCUT2D eigenvalue weighted by atomic mass is 16.6. The van der Waals surface area contributed by atoms with Crippen LogP contribution in [0.3, 0.4) is 0 Å². The number of rotatable bonds is 28. The molecular weight excluding hydrogens is 1050 g/mol. The molecule has 0 spiro atoms. The van der Waals surface area contributed by atoms with Gasteiger partial charge in [0.25, 0.3) is 17.7 Å². The molecule has 7 aromatic rings. The third-order valence-electron chi connectivity index (χ3n) is 12.3. The van der Waals surface area contributed by atoms with Crippen LogP contribution < -0.4 is 35.5 Å². The summed E-state index contributed by atoms with van der Waals surface area (Å²) in [6.45, 7) is 5.64. The Kier molecular flexibility index (Phi) is 25.0. The Hall–Kier alpha value is -9.70. The summed E-state index contributed by atoms with van der Waals surface area (Å²) in [6.07, 6.45) is 6.94. The van der Waals surface area contributed by atoms with Gasteiger partial charge in [-0.2, -0.15) is 0 Å². The third kappa shape index (κ3) is 23.1. The number of amides is 4. The number of benzene rings is 7. The second kappa shape index (κ2) is 33.1. The van der Waals surface area contributed by atoms with E-state index in [1.54, 1.807) is 106 Å². The highest BCUT2D eigenvalue weighted by molar-refractivity contribution is 6.05. The fraction of sp³-hybridized carbons (Fsp3) is 0.254. The number of hydrogen-bond donors (Lipinski definition) is 6. The Morgan fingerprint density at radius 3 is 1.60 bits per heavy atom. The Morgan fingerprint density at radius 2 is 1.05 bits per heavy atom. The smallest absolute Gasteiger partial charge is 0.344 e. The van der Waals surface area contributed by atoms with E-state index >= 15 is 0 Å². The number of aliphatic carboxylic acids is 1. The summed E-state index contributed by atoms with van der Waals surface area (Å²) in [5.41, 5.74) is 4.88. The van der Waals surface area contributed by atoms with Gasteiger partial charge in [0, 0.05) is 30.6 Å². The molecule has 0 bridgehead atoms. The molecule has 0 radical (unpaired) electrons. The Balaban J connectivity index is 0.000000276. The van der Waals surface area contributed by atoms with Gasteiger partial charge in [-0.15, -0.1) is 0 Å². The maximum atomic E-state index is 13.4. The van der Waals surface area contributed by atoms with Crippen LogP contribution in [0.2, 0.25) is 0 Å². The van der Waals surface area contributed by atoms with Crippen molar-refractivity contribution in [1.82, 2.24) is 21.3 Å². The molecule has 0 saturated heterocycles. The molecule has 0 heterocycles. The average Bonchev–Trinajstić information content (AvgIpc) is 3.54. The lowest BCUT2D eigenvalue weighted by molar-refractivity contribution is -0.157. The molecule has 16 heteroatoms. The number of carbonyl (C=O) groups excluding carboxylic acids is 5. The third-order valence-corrected chi connectivity index (χ3v) is 12.3. The normalized spacial score (nSPS) is 11.3. The van der Waals surface area contributed by atoms with Crippen molar-refractivity contribution in [3.05, 3.63) is 233 Å². The van der Waals surface area contributed by atoms with Crippen LogP contribution in [-0.4, -0.2) is 83.7 Å². The van der Waals surface area contributed by atoms with Gasteiger partial charge in [0.15, 0.2) is 36.2 Å². The van der Waals surface area contributed by atoms with Gasteiger partial charge in [-0.3, -0.25) is 19.2 Å². The average molecular weight is 1130 g/mol. The fourth-order valence-corrected chi connectivity index (χ4v) is 8.26. The predicted molar refractivity (Wildman–Crippen MR) is 318 cm³/mol. The number of aryl methyl sites for hydroxylation is 2. The highest BCUT2D eigenvalue weighted by Crippen LogP contribution is 2.31. The lowest BCUT2D eigenvalue weighted by atomic mass is 10.0. The van der Waals surface area contributed by atoms with Gasteiger partial charge < -0.3 is 50.4 Å². The Labute approximate surface area is 484 Å². The first-order valence-electron chi connectivity index (χ1n) is 27.5. The molecule has 7 aromatic carbocycles. The number of phenols is 1. The van der Waals surface area contributed by atoms with Crippen LogP contribution in [0.25, 0.3) is 6.08 Å². The van der Waals surface area contributed by atoms with Crippen molar-refractivity contribution in [2.75, 3.05) is 26.3 Å². The van der Waals surface area contributed by atoms with Crippen LogP contribution in [-0.2, 0) is 49.8 Å². The molecule has 16 nitrogen and oxygen atoms in total. The first kappa shape index (κ1) is 62.5. The minimum absolute atomic E-state index is 0.0221. The number of carboxylic acids is 1. The molecule has 432 valence electrons. The van der Waals surface area contributed by atoms with Crippen molar-refractivity contribution in [2.45, 2.75) is 84.0 Å². The van der Waals surface area contributed by atoms with Crippen LogP contribution in [0, 0.1) is 0 Å². The lowest BCUT2D eigenvalue weighted by Gasteiger charge is -2.20. The number of esters is 1. The molecule has 1 unspecified atom stereocenters. The number of hydrogen-bond acceptors (Lipinski definition) is 11. The van der Waals surface area contributed by atoms with E-state index in [4.69, 9.17) is 24.1 Å². The van der Waals surface area contributed by atoms with Crippen molar-refractivity contribution >= 4 is 41.6 Å². The van der Waals surface area contributed by atoms with Crippen molar-refractivity contribution in [2.24, 2.45) is 0 Å². The van der Waals surface area contributed by atoms with Gasteiger partial charge in [0.2, 0.25) is 5.91 Å². The molecule has 0 aliphatic rings. The van der Waals surface area contributed by atoms with Crippen LogP contribution in [0.5, 0.6) is 23.0 Å². The van der Waals surface area contributed by atoms with Gasteiger partial charge in [0.1, 0.15) is 23.9 Å². The van der Waals surface area contributed by atoms with Crippen molar-refractivity contribution in [3.63, 3.8) is 0 Å². The topological polar surface area (TPSA) is 228 Å². The molecule has 0 aliphatic carbocycles. The SMILES string of the molecule is CC(C)(C)OC(=O)COc1ccc(C=C(NC(=O)c2ccccc2)C(=O)NCCCCc2ccccc2)cc1OCc1ccccc1.O=C(O)COc1ccc(CC(NC(=O)c2ccccc2)C(=O)NCCCCc2ccccc2)cc1O. The molecule has 83 heavy (non-hydrogen) atoms. The van der Waals surface area contributed by atoms with E-state index in [0.29, 0.717) is 46.8 Å². The minimum Gasteiger partial charge on any atom is -0.504 e. The minimum atomic E-state index is -1.16. The Bertz CT molecular complexity index is 3210. The first-order chi connectivity index (χ1) is 40.1. The van der Waals surface area contributed by atoms with E-state index in [0.717, 1.165) is 44.1 Å². The molecule has 0 aromatic heterocycles. The van der Waals surface area contributed by atoms with Crippen molar-refractivity contribution in [3.8, 4) is 23.0 Å². The quantitative estimate of drug-likeness (QED) is 0.0153. The van der Waals surface area contributed by atoms with Crippen LogP contribution >= 0.6 is 0 Å². The molecule has 7 rings (SSSR count). The summed E-state index contributed by atoms with van der Waals surface area (Å²) in [5, 5.41) is 30.4. The summed E-state index contributed by atoms with van der Waals surface area (Å²) in [7, 11) is 0. The zero-order valence-electron chi connectivity index (χ0n) is 47.0. The van der Waals surface area contributed by atoms with Gasteiger partial charge in [-0.25, -0.2) is 9.59 Å². The number of carboxylic acid groups (broad SMARTS) is 1. The maximum Gasteiger partial charge on any atom is 0.344 e. The van der Waals surface area contributed by atoms with E-state index < -0.39 is 42.0 Å². The molecule has 0 saturated carbocycles. The molecule has 4 amide bonds. The van der Waals surface area contributed by atoms with Gasteiger partial charge in [0.05, 0.1) is 0 Å². The van der Waals surface area contributed by atoms with Crippen LogP contribution in [0.4, 0.5) is 0 Å². The number of unbranched alkanes of at least 4 members (excludes halogenated alkanes) is 2. The molecule has 6 N–H and O–H groups in total.